The van der Waals surface area contributed by atoms with E-state index >= 15 is 0 Å². The number of fused-ring (bicyclic) bond motifs is 4. The molecular weight excluding hydrogens is 791 g/mol. The molecule has 4 aromatic heterocycles. The summed E-state index contributed by atoms with van der Waals surface area (Å²) in [7, 11) is 0. The van der Waals surface area contributed by atoms with E-state index in [9.17, 15) is 0 Å². The van der Waals surface area contributed by atoms with Gasteiger partial charge in [0, 0.05) is 65.3 Å². The standard InChI is InChI=1S/C33H21N2O.C12H10N.Ir/c1-21-13-14-26(25-10-5-9-23-15-17-34-20-29(23)25)33-31(21)28-12-6-11-27(32(28)36-33)30-19-24(16-18-35-30)22-7-3-2-4-8-22;1-10-7-8-12(13-9-10)11-5-3-2-4-6-11;/h2-10,12-20H,1H3;2-5,7-9H,1H3;/q2*-1;/i;1D3;. The Morgan fingerprint density at radius 2 is 1.54 bits per heavy atom. The van der Waals surface area contributed by atoms with E-state index in [0.29, 0.717) is 0 Å². The fraction of sp³-hybridized carbons (Fsp3) is 0.0444. The summed E-state index contributed by atoms with van der Waals surface area (Å²) in [5.74, 6) is 0. The SMILES string of the molecule is Cc1ccc(-c2cccc3ccncc23)c2oc3c(-c4cc(-c5ccccc5)ccn4)[c-]ccc3c12.[2H]C([2H])([2H])c1ccc(-c2[c-]cccc2)nc1.[Ir]. The number of nitrogens with zero attached hydrogens (tertiary/aromatic N) is 3. The van der Waals surface area contributed by atoms with E-state index in [1.165, 1.54) is 11.8 Å². The van der Waals surface area contributed by atoms with Crippen LogP contribution in [0.1, 0.15) is 15.2 Å². The fourth-order valence-corrected chi connectivity index (χ4v) is 6.24. The van der Waals surface area contributed by atoms with Crippen molar-refractivity contribution < 1.29 is 28.6 Å². The molecule has 243 valence electrons. The van der Waals surface area contributed by atoms with Crippen LogP contribution in [-0.2, 0) is 20.1 Å². The molecule has 4 heterocycles. The molecule has 4 nitrogen and oxygen atoms in total. The topological polar surface area (TPSA) is 51.8 Å². The molecule has 0 saturated carbocycles. The van der Waals surface area contributed by atoms with Crippen LogP contribution < -0.4 is 0 Å². The van der Waals surface area contributed by atoms with Gasteiger partial charge in [-0.05, 0) is 70.5 Å². The molecule has 0 fully saturated rings. The predicted octanol–water partition coefficient (Wildman–Crippen LogP) is 11.5. The van der Waals surface area contributed by atoms with Crippen LogP contribution >= 0.6 is 0 Å². The number of benzene rings is 5. The molecule has 0 aliphatic heterocycles. The predicted molar refractivity (Wildman–Crippen MR) is 200 cm³/mol. The molecule has 0 aliphatic rings. The zero-order valence-corrected chi connectivity index (χ0v) is 29.4. The first kappa shape index (κ1) is 29.2. The maximum Gasteiger partial charge on any atom is 0.129 e. The summed E-state index contributed by atoms with van der Waals surface area (Å²) < 4.78 is 28.4. The van der Waals surface area contributed by atoms with Gasteiger partial charge in [0.1, 0.15) is 5.58 Å². The van der Waals surface area contributed by atoms with Crippen molar-refractivity contribution in [1.82, 2.24) is 15.0 Å². The van der Waals surface area contributed by atoms with E-state index in [1.807, 2.05) is 61.1 Å². The van der Waals surface area contributed by atoms with E-state index in [1.54, 1.807) is 18.2 Å². The van der Waals surface area contributed by atoms with Crippen molar-refractivity contribution in [2.24, 2.45) is 0 Å². The minimum Gasteiger partial charge on any atom is -0.500 e. The Bertz CT molecular complexity index is 2670. The molecular formula is C45H31IrN3O-2. The van der Waals surface area contributed by atoms with Crippen LogP contribution in [0.25, 0.3) is 77.5 Å². The quantitative estimate of drug-likeness (QED) is 0.166. The Labute approximate surface area is 309 Å². The third kappa shape index (κ3) is 6.37. The van der Waals surface area contributed by atoms with Crippen LogP contribution in [0.15, 0.2) is 157 Å². The summed E-state index contributed by atoms with van der Waals surface area (Å²) in [6, 6.07) is 48.4. The fourth-order valence-electron chi connectivity index (χ4n) is 6.24. The first-order valence-electron chi connectivity index (χ1n) is 17.5. The van der Waals surface area contributed by atoms with Crippen molar-refractivity contribution in [1.29, 1.82) is 0 Å². The van der Waals surface area contributed by atoms with Crippen molar-refractivity contribution in [2.75, 3.05) is 0 Å². The average Bonchev–Trinajstić information content (AvgIpc) is 3.60. The van der Waals surface area contributed by atoms with E-state index < -0.39 is 6.85 Å². The number of aryl methyl sites for hydroxylation is 2. The van der Waals surface area contributed by atoms with Gasteiger partial charge in [-0.2, -0.15) is 0 Å². The molecule has 9 rings (SSSR count). The smallest absolute Gasteiger partial charge is 0.129 e. The Balaban J connectivity index is 0.000000216. The summed E-state index contributed by atoms with van der Waals surface area (Å²) in [5.41, 5.74) is 10.8. The summed E-state index contributed by atoms with van der Waals surface area (Å²) in [6.07, 6.45) is 7.00. The van der Waals surface area contributed by atoms with Gasteiger partial charge in [-0.15, -0.1) is 54.1 Å². The third-order valence-corrected chi connectivity index (χ3v) is 8.63. The second-order valence-corrected chi connectivity index (χ2v) is 11.7. The molecule has 0 atom stereocenters. The third-order valence-electron chi connectivity index (χ3n) is 8.63. The van der Waals surface area contributed by atoms with Gasteiger partial charge in [-0.3, -0.25) is 4.98 Å². The zero-order valence-electron chi connectivity index (χ0n) is 30.0. The Morgan fingerprint density at radius 1 is 0.640 bits per heavy atom. The number of hydrogen-bond donors (Lipinski definition) is 0. The minimum atomic E-state index is -2.09. The van der Waals surface area contributed by atoms with Crippen LogP contribution in [0, 0.1) is 25.9 Å². The normalized spacial score (nSPS) is 12.0. The monoisotopic (exact) mass is 825 g/mol. The van der Waals surface area contributed by atoms with Gasteiger partial charge in [0.25, 0.3) is 0 Å². The van der Waals surface area contributed by atoms with Crippen LogP contribution in [0.3, 0.4) is 0 Å². The Hall–Kier alpha value is -5.74. The molecule has 0 aliphatic carbocycles. The molecule has 5 heteroatoms. The second-order valence-electron chi connectivity index (χ2n) is 11.7. The van der Waals surface area contributed by atoms with E-state index in [0.717, 1.165) is 77.5 Å². The first-order chi connectivity index (χ1) is 25.3. The molecule has 0 unspecified atom stereocenters. The number of hydrogen-bond acceptors (Lipinski definition) is 4. The maximum atomic E-state index is 7.23. The minimum absolute atomic E-state index is 0. The van der Waals surface area contributed by atoms with Crippen LogP contribution in [0.2, 0.25) is 0 Å². The second kappa shape index (κ2) is 14.4. The number of furan rings is 1. The van der Waals surface area contributed by atoms with Crippen molar-refractivity contribution >= 4 is 32.7 Å². The molecule has 0 saturated heterocycles. The molecule has 9 aromatic rings. The van der Waals surface area contributed by atoms with Gasteiger partial charge in [0.15, 0.2) is 0 Å². The van der Waals surface area contributed by atoms with Gasteiger partial charge in [0.2, 0.25) is 0 Å². The molecule has 0 N–H and O–H groups in total. The largest absolute Gasteiger partial charge is 0.500 e. The van der Waals surface area contributed by atoms with E-state index in [-0.39, 0.29) is 25.7 Å². The van der Waals surface area contributed by atoms with E-state index in [2.05, 4.69) is 95.8 Å². The number of rotatable bonds is 4. The van der Waals surface area contributed by atoms with Gasteiger partial charge in [-0.25, -0.2) is 0 Å². The summed E-state index contributed by atoms with van der Waals surface area (Å²) in [6.45, 7) is 0.0440. The van der Waals surface area contributed by atoms with Crippen LogP contribution in [-0.4, -0.2) is 15.0 Å². The molecule has 0 bridgehead atoms. The zero-order chi connectivity index (χ0) is 35.7. The molecule has 1 radical (unpaired) electrons. The average molecular weight is 825 g/mol. The van der Waals surface area contributed by atoms with Crippen molar-refractivity contribution in [3.05, 3.63) is 175 Å². The summed E-state index contributed by atoms with van der Waals surface area (Å²) >= 11 is 0. The number of aromatic nitrogens is 3. The van der Waals surface area contributed by atoms with Gasteiger partial charge < -0.3 is 14.4 Å². The van der Waals surface area contributed by atoms with Gasteiger partial charge in [-0.1, -0.05) is 89.8 Å². The summed E-state index contributed by atoms with van der Waals surface area (Å²) in [5, 5.41) is 4.46. The van der Waals surface area contributed by atoms with Crippen molar-refractivity contribution in [3.63, 3.8) is 0 Å². The first-order valence-corrected chi connectivity index (χ1v) is 16.0. The van der Waals surface area contributed by atoms with Gasteiger partial charge >= 0.3 is 0 Å². The summed E-state index contributed by atoms with van der Waals surface area (Å²) in [4.78, 5) is 13.2. The van der Waals surface area contributed by atoms with Crippen molar-refractivity contribution in [3.8, 4) is 44.8 Å². The van der Waals surface area contributed by atoms with Crippen LogP contribution in [0.5, 0.6) is 0 Å². The van der Waals surface area contributed by atoms with Crippen LogP contribution in [0.4, 0.5) is 0 Å². The van der Waals surface area contributed by atoms with E-state index in [4.69, 9.17) is 13.5 Å². The number of pyridine rings is 3. The Kier molecular flexibility index (Phi) is 8.41. The molecule has 5 aromatic carbocycles. The maximum absolute atomic E-state index is 7.23. The molecule has 0 amide bonds. The molecule has 50 heavy (non-hydrogen) atoms. The Morgan fingerprint density at radius 3 is 2.36 bits per heavy atom. The van der Waals surface area contributed by atoms with Crippen molar-refractivity contribution in [2.45, 2.75) is 13.8 Å². The van der Waals surface area contributed by atoms with Gasteiger partial charge in [0.05, 0.1) is 5.58 Å². The molecule has 0 spiro atoms.